The molecule has 0 aliphatic heterocycles. The molecule has 1 aromatic rings. The summed E-state index contributed by atoms with van der Waals surface area (Å²) in [6, 6.07) is 0. The van der Waals surface area contributed by atoms with Gasteiger partial charge in [0.15, 0.2) is 4.47 Å². The highest BCUT2D eigenvalue weighted by atomic mass is 35.5. The van der Waals surface area contributed by atoms with Crippen LogP contribution in [0.15, 0.2) is 0 Å². The van der Waals surface area contributed by atoms with Crippen molar-refractivity contribution in [3.8, 4) is 0 Å². The average Bonchev–Trinajstić information content (AvgIpc) is 2.27. The van der Waals surface area contributed by atoms with Gasteiger partial charge in [-0.2, -0.15) is 0 Å². The van der Waals surface area contributed by atoms with Gasteiger partial charge in [0.2, 0.25) is 0 Å². The summed E-state index contributed by atoms with van der Waals surface area (Å²) in [6.07, 6.45) is 3.58. The first-order valence-electron chi connectivity index (χ1n) is 3.90. The van der Waals surface area contributed by atoms with Crippen LogP contribution in [0.3, 0.4) is 0 Å². The van der Waals surface area contributed by atoms with E-state index in [0.29, 0.717) is 4.47 Å². The number of hydrogen-bond acceptors (Lipinski definition) is 2. The Hall–Kier alpha value is -0.0800. The van der Waals surface area contributed by atoms with Crippen molar-refractivity contribution in [2.75, 3.05) is 0 Å². The summed E-state index contributed by atoms with van der Waals surface area (Å²) < 4.78 is 0.712. The van der Waals surface area contributed by atoms with E-state index < -0.39 is 0 Å². The van der Waals surface area contributed by atoms with Crippen molar-refractivity contribution in [2.45, 2.75) is 26.2 Å². The van der Waals surface area contributed by atoms with E-state index in [-0.39, 0.29) is 0 Å². The highest BCUT2D eigenvalue weighted by molar-refractivity contribution is 7.15. The molecule has 1 heterocycles. The normalized spacial score (nSPS) is 23.3. The highest BCUT2D eigenvalue weighted by Gasteiger charge is 2.18. The van der Waals surface area contributed by atoms with Crippen molar-refractivity contribution in [1.82, 2.24) is 4.98 Å². The molecule has 0 aromatic carbocycles. The minimum Gasteiger partial charge on any atom is -0.230 e. The average molecular weight is 188 g/mol. The van der Waals surface area contributed by atoms with Crippen molar-refractivity contribution >= 4 is 22.9 Å². The molecular formula is C8H10ClNS. The van der Waals surface area contributed by atoms with Gasteiger partial charge in [-0.3, -0.25) is 0 Å². The van der Waals surface area contributed by atoms with Gasteiger partial charge in [0.1, 0.15) is 0 Å². The van der Waals surface area contributed by atoms with Crippen LogP contribution >= 0.6 is 22.9 Å². The molecule has 0 fully saturated rings. The summed E-state index contributed by atoms with van der Waals surface area (Å²) in [6.45, 7) is 2.29. The van der Waals surface area contributed by atoms with Gasteiger partial charge in [-0.05, 0) is 25.2 Å². The molecule has 60 valence electrons. The van der Waals surface area contributed by atoms with Crippen molar-refractivity contribution in [2.24, 2.45) is 5.92 Å². The zero-order valence-electron chi connectivity index (χ0n) is 6.43. The Morgan fingerprint density at radius 3 is 3.27 bits per heavy atom. The minimum absolute atomic E-state index is 0.712. The van der Waals surface area contributed by atoms with Crippen LogP contribution in [0.1, 0.15) is 23.9 Å². The monoisotopic (exact) mass is 187 g/mol. The summed E-state index contributed by atoms with van der Waals surface area (Å²) >= 11 is 7.45. The lowest BCUT2D eigenvalue weighted by Crippen LogP contribution is -2.08. The second-order valence-corrected chi connectivity index (χ2v) is 4.85. The van der Waals surface area contributed by atoms with Gasteiger partial charge in [0.05, 0.1) is 5.69 Å². The maximum Gasteiger partial charge on any atom is 0.184 e. The quantitative estimate of drug-likeness (QED) is 0.609. The number of rotatable bonds is 0. The molecule has 0 amide bonds. The lowest BCUT2D eigenvalue weighted by atomic mass is 9.93. The SMILES string of the molecule is CC1CCc2nc(Cl)sc2C1. The van der Waals surface area contributed by atoms with Gasteiger partial charge in [0, 0.05) is 4.88 Å². The van der Waals surface area contributed by atoms with Gasteiger partial charge in [-0.15, -0.1) is 11.3 Å². The lowest BCUT2D eigenvalue weighted by Gasteiger charge is -2.15. The summed E-state index contributed by atoms with van der Waals surface area (Å²) in [4.78, 5) is 5.68. The fraction of sp³-hybridized carbons (Fsp3) is 0.625. The Kier molecular flexibility index (Phi) is 1.90. The molecule has 0 spiro atoms. The van der Waals surface area contributed by atoms with Crippen molar-refractivity contribution in [1.29, 1.82) is 0 Å². The molecule has 0 bridgehead atoms. The molecule has 1 aromatic heterocycles. The van der Waals surface area contributed by atoms with Crippen molar-refractivity contribution in [3.63, 3.8) is 0 Å². The summed E-state index contributed by atoms with van der Waals surface area (Å²) in [7, 11) is 0. The number of fused-ring (bicyclic) bond motifs is 1. The Balaban J connectivity index is 2.34. The maximum absolute atomic E-state index is 5.81. The standard InChI is InChI=1S/C8H10ClNS/c1-5-2-3-6-7(4-5)11-8(9)10-6/h5H,2-4H2,1H3. The molecular weight excluding hydrogens is 178 g/mol. The molecule has 2 rings (SSSR count). The van der Waals surface area contributed by atoms with E-state index >= 15 is 0 Å². The van der Waals surface area contributed by atoms with Crippen molar-refractivity contribution < 1.29 is 0 Å². The number of aryl methyl sites for hydroxylation is 1. The van der Waals surface area contributed by atoms with Gasteiger partial charge in [-0.1, -0.05) is 18.5 Å². The summed E-state index contributed by atoms with van der Waals surface area (Å²) in [5.74, 6) is 0.819. The van der Waals surface area contributed by atoms with Gasteiger partial charge in [0.25, 0.3) is 0 Å². The fourth-order valence-electron chi connectivity index (χ4n) is 1.51. The molecule has 1 nitrogen and oxygen atoms in total. The van der Waals surface area contributed by atoms with E-state index in [1.54, 1.807) is 11.3 Å². The number of aromatic nitrogens is 1. The third-order valence-electron chi connectivity index (χ3n) is 2.16. The zero-order chi connectivity index (χ0) is 7.84. The molecule has 0 saturated heterocycles. The first-order chi connectivity index (χ1) is 5.25. The molecule has 3 heteroatoms. The van der Waals surface area contributed by atoms with Crippen LogP contribution in [0, 0.1) is 5.92 Å². The number of halogens is 1. The van der Waals surface area contributed by atoms with Crippen LogP contribution in [0.4, 0.5) is 0 Å². The molecule has 1 aliphatic carbocycles. The minimum atomic E-state index is 0.712. The van der Waals surface area contributed by atoms with E-state index in [1.165, 1.54) is 23.4 Å². The predicted molar refractivity (Wildman–Crippen MR) is 48.3 cm³/mol. The number of hydrogen-bond donors (Lipinski definition) is 0. The van der Waals surface area contributed by atoms with E-state index in [9.17, 15) is 0 Å². The first kappa shape index (κ1) is 7.56. The zero-order valence-corrected chi connectivity index (χ0v) is 8.00. The maximum atomic E-state index is 5.81. The second kappa shape index (κ2) is 2.76. The Bertz CT molecular complexity index is 269. The van der Waals surface area contributed by atoms with E-state index in [1.807, 2.05) is 0 Å². The van der Waals surface area contributed by atoms with Crippen LogP contribution in [-0.2, 0) is 12.8 Å². The van der Waals surface area contributed by atoms with Crippen LogP contribution in [0.2, 0.25) is 4.47 Å². The molecule has 1 aliphatic rings. The molecule has 1 unspecified atom stereocenters. The molecule has 0 radical (unpaired) electrons. The van der Waals surface area contributed by atoms with Crippen LogP contribution < -0.4 is 0 Å². The van der Waals surface area contributed by atoms with E-state index in [2.05, 4.69) is 11.9 Å². The lowest BCUT2D eigenvalue weighted by molar-refractivity contribution is 0.502. The molecule has 0 saturated carbocycles. The van der Waals surface area contributed by atoms with Gasteiger partial charge < -0.3 is 0 Å². The smallest absolute Gasteiger partial charge is 0.184 e. The first-order valence-corrected chi connectivity index (χ1v) is 5.09. The van der Waals surface area contributed by atoms with E-state index in [4.69, 9.17) is 11.6 Å². The Morgan fingerprint density at radius 2 is 2.45 bits per heavy atom. The Labute approximate surface area is 75.4 Å². The Morgan fingerprint density at radius 1 is 1.64 bits per heavy atom. The van der Waals surface area contributed by atoms with E-state index in [0.717, 1.165) is 12.3 Å². The van der Waals surface area contributed by atoms with Crippen LogP contribution in [0.5, 0.6) is 0 Å². The molecule has 0 N–H and O–H groups in total. The predicted octanol–water partition coefficient (Wildman–Crippen LogP) is 2.92. The second-order valence-electron chi connectivity index (χ2n) is 3.18. The van der Waals surface area contributed by atoms with Gasteiger partial charge >= 0.3 is 0 Å². The number of nitrogens with zero attached hydrogens (tertiary/aromatic N) is 1. The largest absolute Gasteiger partial charge is 0.230 e. The highest BCUT2D eigenvalue weighted by Crippen LogP contribution is 2.31. The third kappa shape index (κ3) is 1.42. The topological polar surface area (TPSA) is 12.9 Å². The summed E-state index contributed by atoms with van der Waals surface area (Å²) in [5, 5.41) is 0. The summed E-state index contributed by atoms with van der Waals surface area (Å²) in [5.41, 5.74) is 1.25. The van der Waals surface area contributed by atoms with Crippen LogP contribution in [0.25, 0.3) is 0 Å². The molecule has 11 heavy (non-hydrogen) atoms. The van der Waals surface area contributed by atoms with Crippen molar-refractivity contribution in [3.05, 3.63) is 15.0 Å². The third-order valence-corrected chi connectivity index (χ3v) is 3.38. The molecule has 1 atom stereocenters. The fourth-order valence-corrected chi connectivity index (χ4v) is 2.88. The number of thiazole rings is 1. The van der Waals surface area contributed by atoms with Crippen LogP contribution in [-0.4, -0.2) is 4.98 Å². The van der Waals surface area contributed by atoms with Gasteiger partial charge in [-0.25, -0.2) is 4.98 Å².